The van der Waals surface area contributed by atoms with Gasteiger partial charge in [-0.25, -0.2) is 4.98 Å². The third-order valence-electron chi connectivity index (χ3n) is 4.92. The van der Waals surface area contributed by atoms with Gasteiger partial charge >= 0.3 is 0 Å². The van der Waals surface area contributed by atoms with E-state index in [1.807, 2.05) is 16.8 Å². The lowest BCUT2D eigenvalue weighted by Crippen LogP contribution is -2.57. The molecule has 3 rings (SSSR count). The Bertz CT molecular complexity index is 742. The first-order valence-electron chi connectivity index (χ1n) is 8.70. The van der Waals surface area contributed by atoms with Crippen LogP contribution in [0.1, 0.15) is 50.5 Å². The Morgan fingerprint density at radius 3 is 2.84 bits per heavy atom. The Balaban J connectivity index is 1.82. The van der Waals surface area contributed by atoms with Crippen LogP contribution in [-0.2, 0) is 0 Å². The van der Waals surface area contributed by atoms with Crippen molar-refractivity contribution in [2.24, 2.45) is 11.3 Å². The Kier molecular flexibility index (Phi) is 4.64. The van der Waals surface area contributed by atoms with E-state index < -0.39 is 5.54 Å². The standard InChI is InChI=1S/C19H26N4O2/c1-14-9-18(2,3)11-19(10-14,12-24)22-17(25)16-8-15(4-5-21-16)23-7-6-20-13-23/h4-8,13-14,24H,9-12H2,1-3H3,(H,22,25). The van der Waals surface area contributed by atoms with Crippen LogP contribution < -0.4 is 5.32 Å². The van der Waals surface area contributed by atoms with Gasteiger partial charge in [0, 0.05) is 18.6 Å². The van der Waals surface area contributed by atoms with E-state index in [1.54, 1.807) is 24.8 Å². The number of carbonyl (C=O) groups excluding carboxylic acids is 1. The molecule has 2 aromatic heterocycles. The van der Waals surface area contributed by atoms with Crippen molar-refractivity contribution in [3.05, 3.63) is 42.7 Å². The van der Waals surface area contributed by atoms with Gasteiger partial charge in [0.25, 0.3) is 5.91 Å². The number of pyridine rings is 1. The summed E-state index contributed by atoms with van der Waals surface area (Å²) >= 11 is 0. The monoisotopic (exact) mass is 342 g/mol. The van der Waals surface area contributed by atoms with Crippen LogP contribution in [0.3, 0.4) is 0 Å². The second-order valence-corrected chi connectivity index (χ2v) is 8.12. The Hall–Kier alpha value is -2.21. The highest BCUT2D eigenvalue weighted by Crippen LogP contribution is 2.43. The van der Waals surface area contributed by atoms with E-state index in [0.717, 1.165) is 24.9 Å². The van der Waals surface area contributed by atoms with Gasteiger partial charge in [-0.05, 0) is 42.7 Å². The molecule has 2 N–H and O–H groups in total. The number of nitrogens with zero attached hydrogens (tertiary/aromatic N) is 3. The molecule has 0 radical (unpaired) electrons. The highest BCUT2D eigenvalue weighted by molar-refractivity contribution is 5.93. The molecule has 1 saturated carbocycles. The van der Waals surface area contributed by atoms with Crippen LogP contribution in [0.4, 0.5) is 0 Å². The van der Waals surface area contributed by atoms with E-state index in [4.69, 9.17) is 0 Å². The number of nitrogens with one attached hydrogen (secondary N) is 1. The number of rotatable bonds is 4. The molecule has 0 saturated heterocycles. The van der Waals surface area contributed by atoms with Gasteiger partial charge in [0.2, 0.25) is 0 Å². The van der Waals surface area contributed by atoms with E-state index in [2.05, 4.69) is 36.1 Å². The molecule has 2 atom stereocenters. The maximum absolute atomic E-state index is 12.8. The minimum atomic E-state index is -0.592. The molecule has 0 bridgehead atoms. The fraction of sp³-hybridized carbons (Fsp3) is 0.526. The second kappa shape index (κ2) is 6.59. The van der Waals surface area contributed by atoms with Gasteiger partial charge in [-0.1, -0.05) is 20.8 Å². The molecule has 134 valence electrons. The van der Waals surface area contributed by atoms with Crippen molar-refractivity contribution in [2.75, 3.05) is 6.61 Å². The molecule has 25 heavy (non-hydrogen) atoms. The first-order chi connectivity index (χ1) is 11.8. The first kappa shape index (κ1) is 17.6. The van der Waals surface area contributed by atoms with Gasteiger partial charge < -0.3 is 15.0 Å². The summed E-state index contributed by atoms with van der Waals surface area (Å²) in [7, 11) is 0. The maximum atomic E-state index is 12.8. The van der Waals surface area contributed by atoms with E-state index >= 15 is 0 Å². The smallest absolute Gasteiger partial charge is 0.270 e. The molecule has 0 aromatic carbocycles. The molecule has 6 nitrogen and oxygen atoms in total. The van der Waals surface area contributed by atoms with Crippen LogP contribution in [-0.4, -0.2) is 37.7 Å². The van der Waals surface area contributed by atoms with Gasteiger partial charge in [0.05, 0.1) is 24.2 Å². The van der Waals surface area contributed by atoms with Crippen molar-refractivity contribution in [1.82, 2.24) is 19.9 Å². The largest absolute Gasteiger partial charge is 0.394 e. The van der Waals surface area contributed by atoms with Gasteiger partial charge in [-0.15, -0.1) is 0 Å². The molecular formula is C19H26N4O2. The van der Waals surface area contributed by atoms with Crippen LogP contribution in [0.25, 0.3) is 5.69 Å². The van der Waals surface area contributed by atoms with Gasteiger partial charge in [0.1, 0.15) is 5.69 Å². The molecule has 1 aliphatic rings. The highest BCUT2D eigenvalue weighted by atomic mass is 16.3. The molecule has 0 spiro atoms. The number of hydrogen-bond donors (Lipinski definition) is 2. The summed E-state index contributed by atoms with van der Waals surface area (Å²) in [4.78, 5) is 21.0. The van der Waals surface area contributed by atoms with Crippen LogP contribution in [0.15, 0.2) is 37.1 Å². The minimum absolute atomic E-state index is 0.0618. The quantitative estimate of drug-likeness (QED) is 0.895. The average Bonchev–Trinajstić information content (AvgIpc) is 3.07. The zero-order valence-corrected chi connectivity index (χ0v) is 15.1. The molecule has 2 aromatic rings. The highest BCUT2D eigenvalue weighted by Gasteiger charge is 2.43. The SMILES string of the molecule is CC1CC(C)(C)CC(CO)(NC(=O)c2cc(-n3ccnc3)ccn2)C1. The number of hydrogen-bond acceptors (Lipinski definition) is 4. The maximum Gasteiger partial charge on any atom is 0.270 e. The number of amides is 1. The molecule has 2 heterocycles. The number of imidazole rings is 1. The third-order valence-corrected chi connectivity index (χ3v) is 4.92. The zero-order valence-electron chi connectivity index (χ0n) is 15.1. The van der Waals surface area contributed by atoms with Crippen molar-refractivity contribution in [3.63, 3.8) is 0 Å². The van der Waals surface area contributed by atoms with Crippen LogP contribution in [0.2, 0.25) is 0 Å². The lowest BCUT2D eigenvalue weighted by atomic mass is 9.64. The van der Waals surface area contributed by atoms with Gasteiger partial charge in [-0.2, -0.15) is 0 Å². The van der Waals surface area contributed by atoms with Crippen molar-refractivity contribution < 1.29 is 9.90 Å². The molecule has 6 heteroatoms. The molecule has 1 aliphatic carbocycles. The normalized spacial score (nSPS) is 25.5. The van der Waals surface area contributed by atoms with E-state index in [9.17, 15) is 9.90 Å². The summed E-state index contributed by atoms with van der Waals surface area (Å²) in [6.45, 7) is 6.50. The number of aliphatic hydroxyl groups is 1. The fourth-order valence-electron chi connectivity index (χ4n) is 4.42. The summed E-state index contributed by atoms with van der Waals surface area (Å²) in [5.41, 5.74) is 0.660. The van der Waals surface area contributed by atoms with E-state index in [-0.39, 0.29) is 17.9 Å². The Morgan fingerprint density at radius 1 is 1.40 bits per heavy atom. The summed E-state index contributed by atoms with van der Waals surface area (Å²) in [5.74, 6) is 0.197. The van der Waals surface area contributed by atoms with Gasteiger partial charge in [-0.3, -0.25) is 9.78 Å². The van der Waals surface area contributed by atoms with Gasteiger partial charge in [0.15, 0.2) is 0 Å². The molecule has 0 aliphatic heterocycles. The predicted octanol–water partition coefficient (Wildman–Crippen LogP) is 2.57. The topological polar surface area (TPSA) is 80.0 Å². The lowest BCUT2D eigenvalue weighted by molar-refractivity contribution is 0.0332. The van der Waals surface area contributed by atoms with Crippen molar-refractivity contribution >= 4 is 5.91 Å². The molecule has 1 amide bonds. The second-order valence-electron chi connectivity index (χ2n) is 8.12. The predicted molar refractivity (Wildman–Crippen MR) is 95.4 cm³/mol. The van der Waals surface area contributed by atoms with Crippen molar-refractivity contribution in [2.45, 2.75) is 45.6 Å². The molecule has 1 fully saturated rings. The van der Waals surface area contributed by atoms with Crippen LogP contribution in [0, 0.1) is 11.3 Å². The van der Waals surface area contributed by atoms with E-state index in [1.165, 1.54) is 0 Å². The zero-order chi connectivity index (χ0) is 18.1. The summed E-state index contributed by atoms with van der Waals surface area (Å²) in [6, 6.07) is 3.56. The number of carbonyl (C=O) groups is 1. The summed E-state index contributed by atoms with van der Waals surface area (Å²) in [5, 5.41) is 13.1. The Labute approximate surface area is 148 Å². The summed E-state index contributed by atoms with van der Waals surface area (Å²) < 4.78 is 1.83. The molecular weight excluding hydrogens is 316 g/mol. The van der Waals surface area contributed by atoms with Crippen LogP contribution in [0.5, 0.6) is 0 Å². The number of aliphatic hydroxyl groups excluding tert-OH is 1. The number of aromatic nitrogens is 3. The Morgan fingerprint density at radius 2 is 2.20 bits per heavy atom. The van der Waals surface area contributed by atoms with Crippen molar-refractivity contribution in [1.29, 1.82) is 0 Å². The fourth-order valence-corrected chi connectivity index (χ4v) is 4.42. The summed E-state index contributed by atoms with van der Waals surface area (Å²) in [6.07, 6.45) is 9.43. The first-order valence-corrected chi connectivity index (χ1v) is 8.70. The minimum Gasteiger partial charge on any atom is -0.394 e. The average molecular weight is 342 g/mol. The third kappa shape index (κ3) is 3.90. The van der Waals surface area contributed by atoms with E-state index in [0.29, 0.717) is 11.6 Å². The van der Waals surface area contributed by atoms with Crippen LogP contribution >= 0.6 is 0 Å². The lowest BCUT2D eigenvalue weighted by Gasteiger charge is -2.47. The van der Waals surface area contributed by atoms with Crippen molar-refractivity contribution in [3.8, 4) is 5.69 Å². The molecule has 2 unspecified atom stereocenters.